The van der Waals surface area contributed by atoms with Gasteiger partial charge in [0.2, 0.25) is 0 Å². The van der Waals surface area contributed by atoms with Crippen LogP contribution in [0.25, 0.3) is 0 Å². The number of allylic oxidation sites excluding steroid dienone is 1. The molecule has 8 heteroatoms. The molecular weight excluding hydrogens is 488 g/mol. The highest BCUT2D eigenvalue weighted by Gasteiger charge is 2.71. The van der Waals surface area contributed by atoms with Gasteiger partial charge in [-0.1, -0.05) is 34.6 Å². The summed E-state index contributed by atoms with van der Waals surface area (Å²) in [7, 11) is 0. The minimum atomic E-state index is -1.65. The third-order valence-corrected chi connectivity index (χ3v) is 11.3. The Morgan fingerprint density at radius 3 is 2.26 bits per heavy atom. The van der Waals surface area contributed by atoms with E-state index in [4.69, 9.17) is 0 Å². The SMILES string of the molecule is CC(CC(=O)CC(C)(O)C1CC(=O)C2(C)C3=C(C(=O)CC12C)C1(C)CCC(=O)C(C)(C)C1CC3O)C(=O)O. The maximum atomic E-state index is 14.1. The molecule has 8 unspecified atom stereocenters. The fourth-order valence-electron chi connectivity index (χ4n) is 8.97. The third kappa shape index (κ3) is 3.73. The lowest BCUT2D eigenvalue weighted by Gasteiger charge is -2.60. The van der Waals surface area contributed by atoms with Gasteiger partial charge in [-0.15, -0.1) is 0 Å². The zero-order chi connectivity index (χ0) is 28.8. The van der Waals surface area contributed by atoms with E-state index in [0.717, 1.165) is 0 Å². The molecule has 0 bridgehead atoms. The van der Waals surface area contributed by atoms with Gasteiger partial charge in [-0.25, -0.2) is 0 Å². The molecule has 2 saturated carbocycles. The van der Waals surface area contributed by atoms with Crippen LogP contribution >= 0.6 is 0 Å². The number of Topliss-reactive ketones (excluding diaryl/α,β-unsaturated/α-hetero) is 4. The molecule has 0 aliphatic heterocycles. The van der Waals surface area contributed by atoms with E-state index in [-0.39, 0.29) is 55.4 Å². The van der Waals surface area contributed by atoms with Crippen LogP contribution in [-0.4, -0.2) is 56.1 Å². The number of hydrogen-bond acceptors (Lipinski definition) is 7. The molecule has 8 nitrogen and oxygen atoms in total. The third-order valence-electron chi connectivity index (χ3n) is 11.3. The van der Waals surface area contributed by atoms with Crippen molar-refractivity contribution in [2.45, 2.75) is 105 Å². The van der Waals surface area contributed by atoms with Gasteiger partial charge in [-0.05, 0) is 43.6 Å². The molecular formula is C30H42O8. The lowest BCUT2D eigenvalue weighted by molar-refractivity contribution is -0.150. The molecule has 38 heavy (non-hydrogen) atoms. The van der Waals surface area contributed by atoms with E-state index in [9.17, 15) is 39.3 Å². The van der Waals surface area contributed by atoms with E-state index in [2.05, 4.69) is 0 Å². The number of carbonyl (C=O) groups is 5. The smallest absolute Gasteiger partial charge is 0.306 e. The highest BCUT2D eigenvalue weighted by molar-refractivity contribution is 6.05. The van der Waals surface area contributed by atoms with Gasteiger partial charge in [-0.3, -0.25) is 24.0 Å². The number of rotatable bonds is 6. The molecule has 4 rings (SSSR count). The summed E-state index contributed by atoms with van der Waals surface area (Å²) in [6, 6.07) is 0. The molecule has 210 valence electrons. The Bertz CT molecular complexity index is 1160. The second-order valence-electron chi connectivity index (χ2n) is 14.0. The van der Waals surface area contributed by atoms with Crippen molar-refractivity contribution in [2.75, 3.05) is 0 Å². The number of fused-ring (bicyclic) bond motifs is 4. The Kier molecular flexibility index (Phi) is 6.56. The first-order valence-corrected chi connectivity index (χ1v) is 13.7. The van der Waals surface area contributed by atoms with Gasteiger partial charge in [0.15, 0.2) is 5.78 Å². The van der Waals surface area contributed by atoms with Gasteiger partial charge >= 0.3 is 5.97 Å². The Morgan fingerprint density at radius 1 is 1.08 bits per heavy atom. The Hall–Kier alpha value is -2.19. The lowest BCUT2D eigenvalue weighted by Crippen LogP contribution is -2.60. The highest BCUT2D eigenvalue weighted by atomic mass is 16.4. The Labute approximate surface area is 224 Å². The second-order valence-corrected chi connectivity index (χ2v) is 14.0. The van der Waals surface area contributed by atoms with Crippen molar-refractivity contribution in [3.05, 3.63) is 11.1 Å². The standard InChI is InChI=1S/C30H42O8/c1-15(25(36)37)10-16(31)13-29(6,38)20-12-22(35)30(7)24-17(32)11-19-26(2,3)21(34)8-9-27(19,4)23(24)18(33)14-28(20,30)5/h15,17,19-20,32,38H,8-14H2,1-7H3,(H,36,37). The summed E-state index contributed by atoms with van der Waals surface area (Å²) in [6.07, 6.45) is -0.624. The van der Waals surface area contributed by atoms with Gasteiger partial charge in [-0.2, -0.15) is 0 Å². The van der Waals surface area contributed by atoms with Crippen molar-refractivity contribution in [1.82, 2.24) is 0 Å². The maximum absolute atomic E-state index is 14.1. The van der Waals surface area contributed by atoms with Crippen LogP contribution in [0.15, 0.2) is 11.1 Å². The predicted molar refractivity (Wildman–Crippen MR) is 138 cm³/mol. The van der Waals surface area contributed by atoms with Crippen molar-refractivity contribution < 1.29 is 39.3 Å². The van der Waals surface area contributed by atoms with Gasteiger partial charge in [0.05, 0.1) is 23.0 Å². The van der Waals surface area contributed by atoms with E-state index < -0.39 is 57.0 Å². The lowest BCUT2D eigenvalue weighted by atomic mass is 9.42. The Balaban J connectivity index is 1.79. The molecule has 0 amide bonds. The topological polar surface area (TPSA) is 146 Å². The average molecular weight is 531 g/mol. The monoisotopic (exact) mass is 530 g/mol. The van der Waals surface area contributed by atoms with Gasteiger partial charge < -0.3 is 15.3 Å². The molecule has 2 fully saturated rings. The van der Waals surface area contributed by atoms with Gasteiger partial charge in [0, 0.05) is 54.4 Å². The minimum Gasteiger partial charge on any atom is -0.481 e. The molecule has 0 aromatic carbocycles. The molecule has 4 aliphatic carbocycles. The summed E-state index contributed by atoms with van der Waals surface area (Å²) >= 11 is 0. The van der Waals surface area contributed by atoms with E-state index in [0.29, 0.717) is 24.0 Å². The fourth-order valence-corrected chi connectivity index (χ4v) is 8.97. The summed E-state index contributed by atoms with van der Waals surface area (Å²) in [5.74, 6) is -3.63. The first kappa shape index (κ1) is 28.8. The zero-order valence-corrected chi connectivity index (χ0v) is 23.6. The van der Waals surface area contributed by atoms with Crippen LogP contribution in [0.4, 0.5) is 0 Å². The average Bonchev–Trinajstić information content (AvgIpc) is 2.99. The number of hydrogen-bond donors (Lipinski definition) is 3. The van der Waals surface area contributed by atoms with Crippen molar-refractivity contribution >= 4 is 29.1 Å². The largest absolute Gasteiger partial charge is 0.481 e. The number of ketones is 4. The first-order valence-electron chi connectivity index (χ1n) is 13.7. The first-order chi connectivity index (χ1) is 17.2. The number of carboxylic acids is 1. The number of carbonyl (C=O) groups excluding carboxylic acids is 4. The number of carboxylic acid groups (broad SMARTS) is 1. The molecule has 4 aliphatic rings. The fraction of sp³-hybridized carbons (Fsp3) is 0.767. The molecule has 3 N–H and O–H groups in total. The van der Waals surface area contributed by atoms with Crippen LogP contribution < -0.4 is 0 Å². The summed E-state index contributed by atoms with van der Waals surface area (Å²) in [4.78, 5) is 64.8. The molecule has 0 saturated heterocycles. The molecule has 0 aromatic rings. The minimum absolute atomic E-state index is 0.0159. The summed E-state index contributed by atoms with van der Waals surface area (Å²) in [6.45, 7) is 12.2. The van der Waals surface area contributed by atoms with Gasteiger partial charge in [0.25, 0.3) is 0 Å². The Morgan fingerprint density at radius 2 is 1.68 bits per heavy atom. The van der Waals surface area contributed by atoms with Crippen LogP contribution in [0.5, 0.6) is 0 Å². The van der Waals surface area contributed by atoms with E-state index in [1.54, 1.807) is 13.8 Å². The summed E-state index contributed by atoms with van der Waals surface area (Å²) in [5, 5.41) is 32.4. The van der Waals surface area contributed by atoms with Crippen molar-refractivity contribution in [3.63, 3.8) is 0 Å². The molecule has 0 heterocycles. The normalized spacial score (nSPS) is 40.7. The zero-order valence-electron chi connectivity index (χ0n) is 23.6. The van der Waals surface area contributed by atoms with Gasteiger partial charge in [0.1, 0.15) is 17.3 Å². The predicted octanol–water partition coefficient (Wildman–Crippen LogP) is 3.45. The van der Waals surface area contributed by atoms with Crippen LogP contribution in [0, 0.1) is 39.4 Å². The van der Waals surface area contributed by atoms with E-state index in [1.807, 2.05) is 20.8 Å². The molecule has 0 spiro atoms. The number of aliphatic hydroxyl groups excluding tert-OH is 1. The van der Waals surface area contributed by atoms with E-state index in [1.165, 1.54) is 13.8 Å². The highest BCUT2D eigenvalue weighted by Crippen LogP contribution is 2.70. The quantitative estimate of drug-likeness (QED) is 0.473. The van der Waals surface area contributed by atoms with Crippen LogP contribution in [-0.2, 0) is 24.0 Å². The number of aliphatic hydroxyl groups is 2. The molecule has 0 radical (unpaired) electrons. The second kappa shape index (κ2) is 8.65. The van der Waals surface area contributed by atoms with Crippen molar-refractivity contribution in [2.24, 2.45) is 39.4 Å². The van der Waals surface area contributed by atoms with E-state index >= 15 is 0 Å². The van der Waals surface area contributed by atoms with Crippen molar-refractivity contribution in [1.29, 1.82) is 0 Å². The van der Waals surface area contributed by atoms with Crippen molar-refractivity contribution in [3.8, 4) is 0 Å². The number of aliphatic carboxylic acids is 1. The molecule has 0 aromatic heterocycles. The maximum Gasteiger partial charge on any atom is 0.306 e. The summed E-state index contributed by atoms with van der Waals surface area (Å²) in [5.41, 5.74) is -4.36. The van der Waals surface area contributed by atoms with Crippen LogP contribution in [0.2, 0.25) is 0 Å². The molecule has 8 atom stereocenters. The van der Waals surface area contributed by atoms with Crippen LogP contribution in [0.1, 0.15) is 93.4 Å². The van der Waals surface area contributed by atoms with Crippen LogP contribution in [0.3, 0.4) is 0 Å². The summed E-state index contributed by atoms with van der Waals surface area (Å²) < 4.78 is 0.